The van der Waals surface area contributed by atoms with Gasteiger partial charge in [0.1, 0.15) is 17.1 Å². The number of aromatic nitrogens is 1. The van der Waals surface area contributed by atoms with Gasteiger partial charge in [0.05, 0.1) is 0 Å². The van der Waals surface area contributed by atoms with E-state index in [1.165, 1.54) is 5.56 Å². The summed E-state index contributed by atoms with van der Waals surface area (Å²) in [5.41, 5.74) is 7.72. The minimum absolute atomic E-state index is 0.493. The molecule has 2 N–H and O–H groups in total. The summed E-state index contributed by atoms with van der Waals surface area (Å²) < 4.78 is 5.88. The van der Waals surface area contributed by atoms with Gasteiger partial charge in [-0.25, -0.2) is 4.98 Å². The van der Waals surface area contributed by atoms with Crippen molar-refractivity contribution < 1.29 is 4.74 Å². The molecule has 0 bridgehead atoms. The molecule has 0 amide bonds. The van der Waals surface area contributed by atoms with Gasteiger partial charge < -0.3 is 10.5 Å². The first kappa shape index (κ1) is 11.5. The minimum atomic E-state index is 0.493. The summed E-state index contributed by atoms with van der Waals surface area (Å²) in [4.78, 5) is 4.34. The molecule has 3 heteroatoms. The Morgan fingerprint density at radius 3 is 2.53 bits per heavy atom. The lowest BCUT2D eigenvalue weighted by Gasteiger charge is -2.09. The largest absolute Gasteiger partial charge is 0.455 e. The molecule has 0 saturated heterocycles. The van der Waals surface area contributed by atoms with Gasteiger partial charge in [-0.2, -0.15) is 0 Å². The number of nitrogen functional groups attached to an aromatic ring is 1. The van der Waals surface area contributed by atoms with Crippen LogP contribution in [0.1, 0.15) is 5.56 Å². The number of pyridine rings is 1. The Hall–Kier alpha value is -2.55. The third-order valence-electron chi connectivity index (χ3n) is 2.95. The highest BCUT2D eigenvalue weighted by atomic mass is 16.5. The summed E-state index contributed by atoms with van der Waals surface area (Å²) in [6, 6.07) is 17.5. The molecule has 0 fully saturated rings. The van der Waals surface area contributed by atoms with Crippen LogP contribution in [0.15, 0.2) is 54.6 Å². The van der Waals surface area contributed by atoms with Crippen molar-refractivity contribution in [3.05, 3.63) is 60.2 Å². The zero-order valence-electron chi connectivity index (χ0n) is 10.6. The van der Waals surface area contributed by atoms with E-state index in [-0.39, 0.29) is 0 Å². The van der Waals surface area contributed by atoms with E-state index in [0.29, 0.717) is 11.6 Å². The monoisotopic (exact) mass is 250 g/mol. The quantitative estimate of drug-likeness (QED) is 0.750. The van der Waals surface area contributed by atoms with Crippen LogP contribution >= 0.6 is 0 Å². The molecular weight excluding hydrogens is 236 g/mol. The SMILES string of the molecule is Cc1ccc(Oc2cccc3ccc(N)nc23)cc1. The number of rotatable bonds is 2. The molecule has 1 aromatic heterocycles. The number of fused-ring (bicyclic) bond motifs is 1. The molecule has 2 aromatic carbocycles. The highest BCUT2D eigenvalue weighted by Gasteiger charge is 2.05. The molecule has 0 aliphatic rings. The highest BCUT2D eigenvalue weighted by molar-refractivity contribution is 5.85. The van der Waals surface area contributed by atoms with Gasteiger partial charge in [-0.1, -0.05) is 29.8 Å². The van der Waals surface area contributed by atoms with E-state index in [2.05, 4.69) is 4.98 Å². The van der Waals surface area contributed by atoms with Crippen molar-refractivity contribution in [2.45, 2.75) is 6.92 Å². The number of benzene rings is 2. The molecule has 19 heavy (non-hydrogen) atoms. The minimum Gasteiger partial charge on any atom is -0.455 e. The van der Waals surface area contributed by atoms with Crippen molar-refractivity contribution in [3.8, 4) is 11.5 Å². The van der Waals surface area contributed by atoms with Gasteiger partial charge in [0.25, 0.3) is 0 Å². The zero-order chi connectivity index (χ0) is 13.2. The Morgan fingerprint density at radius 2 is 1.74 bits per heavy atom. The third kappa shape index (κ3) is 2.36. The van der Waals surface area contributed by atoms with E-state index in [9.17, 15) is 0 Å². The van der Waals surface area contributed by atoms with Gasteiger partial charge in [0, 0.05) is 5.39 Å². The summed E-state index contributed by atoms with van der Waals surface area (Å²) in [5, 5.41) is 1.01. The Morgan fingerprint density at radius 1 is 0.947 bits per heavy atom. The van der Waals surface area contributed by atoms with Crippen LogP contribution in [0.5, 0.6) is 11.5 Å². The van der Waals surface area contributed by atoms with Gasteiger partial charge in [-0.05, 0) is 37.3 Å². The molecule has 3 rings (SSSR count). The number of nitrogens with two attached hydrogens (primary N) is 1. The number of nitrogens with zero attached hydrogens (tertiary/aromatic N) is 1. The number of ether oxygens (including phenoxy) is 1. The molecule has 0 aliphatic heterocycles. The zero-order valence-corrected chi connectivity index (χ0v) is 10.6. The van der Waals surface area contributed by atoms with E-state index in [0.717, 1.165) is 16.7 Å². The third-order valence-corrected chi connectivity index (χ3v) is 2.95. The maximum atomic E-state index is 5.88. The highest BCUT2D eigenvalue weighted by Crippen LogP contribution is 2.29. The van der Waals surface area contributed by atoms with E-state index < -0.39 is 0 Å². The lowest BCUT2D eigenvalue weighted by atomic mass is 10.2. The van der Waals surface area contributed by atoms with Crippen LogP contribution in [0.3, 0.4) is 0 Å². The Bertz CT molecular complexity index is 720. The summed E-state index contributed by atoms with van der Waals surface area (Å²) in [5.74, 6) is 2.00. The predicted molar refractivity (Wildman–Crippen MR) is 77.4 cm³/mol. The second-order valence-corrected chi connectivity index (χ2v) is 4.48. The molecule has 3 nitrogen and oxygen atoms in total. The predicted octanol–water partition coefficient (Wildman–Crippen LogP) is 3.92. The maximum absolute atomic E-state index is 5.88. The van der Waals surface area contributed by atoms with E-state index in [1.54, 1.807) is 6.07 Å². The lowest BCUT2D eigenvalue weighted by molar-refractivity contribution is 0.487. The molecule has 94 valence electrons. The number of aryl methyl sites for hydroxylation is 1. The molecule has 0 radical (unpaired) electrons. The van der Waals surface area contributed by atoms with Crippen molar-refractivity contribution in [2.75, 3.05) is 5.73 Å². The molecule has 0 saturated carbocycles. The first-order chi connectivity index (χ1) is 9.22. The second kappa shape index (κ2) is 4.61. The molecule has 3 aromatic rings. The maximum Gasteiger partial charge on any atom is 0.153 e. The van der Waals surface area contributed by atoms with Crippen molar-refractivity contribution in [1.82, 2.24) is 4.98 Å². The fourth-order valence-corrected chi connectivity index (χ4v) is 1.95. The topological polar surface area (TPSA) is 48.1 Å². The molecule has 0 aliphatic carbocycles. The van der Waals surface area contributed by atoms with Gasteiger partial charge in [-0.15, -0.1) is 0 Å². The molecule has 0 spiro atoms. The van der Waals surface area contributed by atoms with Gasteiger partial charge in [0.2, 0.25) is 0 Å². The first-order valence-corrected chi connectivity index (χ1v) is 6.12. The van der Waals surface area contributed by atoms with Crippen molar-refractivity contribution in [1.29, 1.82) is 0 Å². The van der Waals surface area contributed by atoms with Crippen LogP contribution in [0.25, 0.3) is 10.9 Å². The van der Waals surface area contributed by atoms with Crippen LogP contribution in [-0.4, -0.2) is 4.98 Å². The van der Waals surface area contributed by atoms with E-state index >= 15 is 0 Å². The molecule has 0 atom stereocenters. The van der Waals surface area contributed by atoms with Crippen LogP contribution in [0.4, 0.5) is 5.82 Å². The number of para-hydroxylation sites is 1. The van der Waals surface area contributed by atoms with Crippen LogP contribution in [-0.2, 0) is 0 Å². The normalized spacial score (nSPS) is 10.6. The first-order valence-electron chi connectivity index (χ1n) is 6.12. The fourth-order valence-electron chi connectivity index (χ4n) is 1.95. The Kier molecular flexibility index (Phi) is 2.80. The van der Waals surface area contributed by atoms with Crippen molar-refractivity contribution >= 4 is 16.7 Å². The Balaban J connectivity index is 2.05. The standard InChI is InChI=1S/C16H14N2O/c1-11-5-8-13(9-6-11)19-14-4-2-3-12-7-10-15(17)18-16(12)14/h2-10H,1H3,(H2,17,18). The molecule has 1 heterocycles. The average molecular weight is 250 g/mol. The van der Waals surface area contributed by atoms with Crippen molar-refractivity contribution in [3.63, 3.8) is 0 Å². The van der Waals surface area contributed by atoms with E-state index in [1.807, 2.05) is 55.5 Å². The summed E-state index contributed by atoms with van der Waals surface area (Å²) in [7, 11) is 0. The van der Waals surface area contributed by atoms with Gasteiger partial charge in [-0.3, -0.25) is 0 Å². The Labute approximate surface area is 111 Å². The lowest BCUT2D eigenvalue weighted by Crippen LogP contribution is -1.92. The summed E-state index contributed by atoms with van der Waals surface area (Å²) in [6.45, 7) is 2.05. The van der Waals surface area contributed by atoms with Crippen LogP contribution < -0.4 is 10.5 Å². The van der Waals surface area contributed by atoms with Crippen LogP contribution in [0, 0.1) is 6.92 Å². The summed E-state index contributed by atoms with van der Waals surface area (Å²) in [6.07, 6.45) is 0. The van der Waals surface area contributed by atoms with E-state index in [4.69, 9.17) is 10.5 Å². The fraction of sp³-hybridized carbons (Fsp3) is 0.0625. The molecule has 0 unspecified atom stereocenters. The second-order valence-electron chi connectivity index (χ2n) is 4.48. The van der Waals surface area contributed by atoms with Gasteiger partial charge in [0.15, 0.2) is 5.75 Å². The number of hydrogen-bond donors (Lipinski definition) is 1. The van der Waals surface area contributed by atoms with Crippen molar-refractivity contribution in [2.24, 2.45) is 0 Å². The average Bonchev–Trinajstić information content (AvgIpc) is 2.42. The van der Waals surface area contributed by atoms with Crippen LogP contribution in [0.2, 0.25) is 0 Å². The van der Waals surface area contributed by atoms with Gasteiger partial charge >= 0.3 is 0 Å². The number of anilines is 1. The smallest absolute Gasteiger partial charge is 0.153 e. The molecular formula is C16H14N2O. The number of hydrogen-bond acceptors (Lipinski definition) is 3. The summed E-state index contributed by atoms with van der Waals surface area (Å²) >= 11 is 0.